The van der Waals surface area contributed by atoms with Crippen molar-refractivity contribution < 1.29 is 13.2 Å². The van der Waals surface area contributed by atoms with Crippen molar-refractivity contribution in [2.45, 2.75) is 166 Å². The van der Waals surface area contributed by atoms with E-state index in [9.17, 15) is 24.2 Å². The van der Waals surface area contributed by atoms with Gasteiger partial charge in [-0.25, -0.2) is 57.1 Å². The molecule has 0 radical (unpaired) electrons. The second-order valence-electron chi connectivity index (χ2n) is 31.0. The summed E-state index contributed by atoms with van der Waals surface area (Å²) in [6.45, 7) is 14.6. The smallest absolute Gasteiger partial charge is 0.208 e. The van der Waals surface area contributed by atoms with Gasteiger partial charge in [-0.3, -0.25) is 14.7 Å². The summed E-state index contributed by atoms with van der Waals surface area (Å²) in [4.78, 5) is 38.4. The number of nitriles is 3. The molecule has 566 valence electrons. The average Bonchev–Trinajstić information content (AvgIpc) is 1.67. The summed E-state index contributed by atoms with van der Waals surface area (Å²) in [5.41, 5.74) is 11.2. The number of benzene rings is 3. The van der Waals surface area contributed by atoms with Crippen LogP contribution in [0.2, 0.25) is 30.1 Å². The molecule has 22 nitrogen and oxygen atoms in total. The molecule has 14 unspecified atom stereocenters. The highest BCUT2D eigenvalue weighted by atomic mass is 35.5. The van der Waals surface area contributed by atoms with Gasteiger partial charge in [0.05, 0.1) is 66.7 Å². The number of sulfonamides is 1. The Balaban J connectivity index is 0.664. The monoisotopic (exact) mass is 1600 g/mol. The van der Waals surface area contributed by atoms with E-state index in [2.05, 4.69) is 88.7 Å². The zero-order valence-corrected chi connectivity index (χ0v) is 67.1. The molecule has 1 N–H and O–H groups in total. The van der Waals surface area contributed by atoms with E-state index < -0.39 is 22.1 Å². The third-order valence-electron chi connectivity index (χ3n) is 23.9. The van der Waals surface area contributed by atoms with Gasteiger partial charge in [-0.05, 0) is 197 Å². The Morgan fingerprint density at radius 2 is 0.972 bits per heavy atom. The molecule has 6 aromatic heterocycles. The van der Waals surface area contributed by atoms with Crippen LogP contribution in [-0.2, 0) is 14.8 Å². The van der Waals surface area contributed by atoms with Crippen LogP contribution in [-0.4, -0.2) is 165 Å². The summed E-state index contributed by atoms with van der Waals surface area (Å²) in [5.74, 6) is 1.06. The van der Waals surface area contributed by atoms with Crippen LogP contribution >= 0.6 is 69.6 Å². The molecule has 6 aliphatic rings. The van der Waals surface area contributed by atoms with E-state index in [0.717, 1.165) is 134 Å². The normalized spacial score (nSPS) is 25.3. The zero-order chi connectivity index (χ0) is 76.4. The molecule has 14 atom stereocenters. The van der Waals surface area contributed by atoms with Crippen molar-refractivity contribution in [3.05, 3.63) is 172 Å². The third-order valence-corrected chi connectivity index (χ3v) is 26.3. The molecule has 109 heavy (non-hydrogen) atoms. The van der Waals surface area contributed by atoms with Gasteiger partial charge in [0.2, 0.25) is 10.0 Å². The fourth-order valence-corrected chi connectivity index (χ4v) is 20.9. The Kier molecular flexibility index (Phi) is 22.5. The van der Waals surface area contributed by atoms with E-state index in [1.165, 1.54) is 6.26 Å². The number of rotatable bonds is 21. The summed E-state index contributed by atoms with van der Waals surface area (Å²) in [5, 5.41) is 49.2. The number of fused-ring (bicyclic) bond motifs is 3. The summed E-state index contributed by atoms with van der Waals surface area (Å²) in [6.07, 6.45) is 23.0. The molecule has 0 bridgehead atoms. The van der Waals surface area contributed by atoms with Crippen molar-refractivity contribution in [1.82, 2.24) is 78.7 Å². The van der Waals surface area contributed by atoms with Crippen LogP contribution in [0, 0.1) is 63.6 Å². The highest BCUT2D eigenvalue weighted by molar-refractivity contribution is 7.88. The fraction of sp³-hybridized carbons (Fsp3) is 0.475. The first-order valence-corrected chi connectivity index (χ1v) is 41.7. The molecule has 9 aromatic rings. The van der Waals surface area contributed by atoms with E-state index in [4.69, 9.17) is 114 Å². The van der Waals surface area contributed by atoms with Gasteiger partial charge in [0.25, 0.3) is 0 Å². The molecule has 15 rings (SSSR count). The zero-order valence-electron chi connectivity index (χ0n) is 61.7. The lowest BCUT2D eigenvalue weighted by atomic mass is 9.83. The number of allylic oxidation sites excluding steroid dienone is 3. The number of aromatic nitrogens is 12. The largest absolute Gasteiger partial charge is 0.383 e. The van der Waals surface area contributed by atoms with Gasteiger partial charge in [0.1, 0.15) is 34.8 Å². The summed E-state index contributed by atoms with van der Waals surface area (Å²) in [7, 11) is -1.55. The number of methoxy groups -OCH3 is 1. The number of nitrogens with one attached hydrogen (secondary N) is 1. The summed E-state index contributed by atoms with van der Waals surface area (Å²) < 4.78 is 38.4. The topological polar surface area (TPSA) is 267 Å². The van der Waals surface area contributed by atoms with E-state index >= 15 is 0 Å². The van der Waals surface area contributed by atoms with E-state index in [1.54, 1.807) is 54.6 Å². The maximum absolute atomic E-state index is 12.1. The molecular weight excluding hydrogens is 1520 g/mol. The molecule has 3 aliphatic heterocycles. The lowest BCUT2D eigenvalue weighted by Crippen LogP contribution is -2.48. The molecule has 3 fully saturated rings. The van der Waals surface area contributed by atoms with Crippen molar-refractivity contribution in [3.63, 3.8) is 0 Å². The lowest BCUT2D eigenvalue weighted by Gasteiger charge is -2.39. The first-order valence-electron chi connectivity index (χ1n) is 37.5. The number of halogens is 6. The Hall–Kier alpha value is -7.51. The van der Waals surface area contributed by atoms with Gasteiger partial charge in [-0.2, -0.15) is 31.1 Å². The predicted molar refractivity (Wildman–Crippen MR) is 427 cm³/mol. The molecular formula is C80H85Cl6N19O3S. The van der Waals surface area contributed by atoms with Gasteiger partial charge in [-0.15, -0.1) is 0 Å². The van der Waals surface area contributed by atoms with Crippen LogP contribution in [0.4, 0.5) is 0 Å². The summed E-state index contributed by atoms with van der Waals surface area (Å²) in [6, 6.07) is 23.3. The minimum atomic E-state index is -3.31. The average molecular weight is 1610 g/mol. The second kappa shape index (κ2) is 31.9. The molecule has 3 saturated heterocycles. The number of ether oxygens (including phenoxy) is 1. The molecule has 9 heterocycles. The fourth-order valence-electron chi connectivity index (χ4n) is 18.7. The molecule has 0 amide bonds. The van der Waals surface area contributed by atoms with Gasteiger partial charge < -0.3 is 4.74 Å². The maximum atomic E-state index is 12.1. The van der Waals surface area contributed by atoms with Crippen molar-refractivity contribution in [2.75, 3.05) is 46.2 Å². The van der Waals surface area contributed by atoms with Gasteiger partial charge in [0, 0.05) is 93.1 Å². The first kappa shape index (κ1) is 76.8. The molecule has 0 spiro atoms. The molecule has 3 aromatic carbocycles. The van der Waals surface area contributed by atoms with Crippen LogP contribution in [0.15, 0.2) is 91.4 Å². The molecule has 3 aliphatic carbocycles. The Labute approximate surface area is 665 Å². The van der Waals surface area contributed by atoms with Crippen LogP contribution in [0.25, 0.3) is 50.2 Å². The van der Waals surface area contributed by atoms with E-state index in [1.807, 2.05) is 46.6 Å². The van der Waals surface area contributed by atoms with Crippen molar-refractivity contribution in [3.8, 4) is 18.2 Å². The highest BCUT2D eigenvalue weighted by Gasteiger charge is 2.44. The molecule has 0 saturated carbocycles. The summed E-state index contributed by atoms with van der Waals surface area (Å²) >= 11 is 40.6. The minimum absolute atomic E-state index is 0.114. The van der Waals surface area contributed by atoms with Crippen molar-refractivity contribution >= 4 is 130 Å². The maximum Gasteiger partial charge on any atom is 0.208 e. The Bertz CT molecular complexity index is 5370. The van der Waals surface area contributed by atoms with Crippen LogP contribution in [0.1, 0.15) is 181 Å². The third kappa shape index (κ3) is 15.5. The van der Waals surface area contributed by atoms with E-state index in [0.29, 0.717) is 89.6 Å². The van der Waals surface area contributed by atoms with Crippen LogP contribution in [0.3, 0.4) is 0 Å². The number of hydrogen-bond donors (Lipinski definition) is 1. The van der Waals surface area contributed by atoms with Crippen LogP contribution < -0.4 is 4.72 Å². The van der Waals surface area contributed by atoms with Gasteiger partial charge in [0.15, 0.2) is 34.0 Å². The number of hydrogen-bond acceptors (Lipinski definition) is 18. The van der Waals surface area contributed by atoms with E-state index in [-0.39, 0.29) is 89.0 Å². The number of nitrogens with zero attached hydrogens (tertiary/aromatic N) is 18. The second-order valence-corrected chi connectivity index (χ2v) is 35.4. The minimum Gasteiger partial charge on any atom is -0.383 e. The Morgan fingerprint density at radius 3 is 1.40 bits per heavy atom. The van der Waals surface area contributed by atoms with Crippen molar-refractivity contribution in [1.29, 1.82) is 15.8 Å². The lowest BCUT2D eigenvalue weighted by molar-refractivity contribution is 0.0690. The SMILES string of the molecule is COCC1CC(CC(c2ccc(Cl)cc2Cl)n2nc(C#N)c3ncc(C4=CCC(N5CC(CC(c6ccc(Cl)cc6Cl)n6nc(C#N)c7ncc(C8=CCC(N9CCCC9CNS(C)(=O)=O)C(C)C8)nc76)CC5C)C(C)C4)nc32)CN1C1CC=C(c2cnc3c(C#N)nn(C(C)c4ccc(Cl)cc4Cl)c3n2)CC1C. The number of likely N-dealkylation sites (tertiary alicyclic amines) is 3. The quantitative estimate of drug-likeness (QED) is 0.0700. The standard InChI is InChI=1S/C80H85Cl6N19O3S/c1-43-23-50(10-19-70(43)100-22-8-9-56(100)36-93-109(7,106)107)68-38-91-76-65(34-88)98-104(79(76)95-68)73(59-17-14-54(82)31-62(59)85)28-48-26-46(4)101(40-48)71-20-11-51(24-44(71)2)69-39-92-77-66(35-89)99-105(80(77)96-69)74(60-18-15-55(83)32-63(60)86)29-49-27-57(42-108-6)102(41-49)72-21-12-52(25-45(72)3)67-37-90-75-64(33-87)97-103(78(75)94-67)47(5)58-16-13-53(81)30-61(58)84/h10-18,30-32,37-39,43-49,56-57,70-74,93H,8-9,19-29,36,40-42H2,1-7H3. The molecule has 29 heteroatoms. The van der Waals surface area contributed by atoms with Crippen LogP contribution in [0.5, 0.6) is 0 Å². The van der Waals surface area contributed by atoms with Crippen molar-refractivity contribution in [2.24, 2.45) is 29.6 Å². The van der Waals surface area contributed by atoms with Gasteiger partial charge >= 0.3 is 0 Å². The predicted octanol–water partition coefficient (Wildman–Crippen LogP) is 16.2. The first-order chi connectivity index (χ1) is 52.4. The Morgan fingerprint density at radius 1 is 0.560 bits per heavy atom. The van der Waals surface area contributed by atoms with Gasteiger partial charge in [-0.1, -0.05) is 127 Å². The highest BCUT2D eigenvalue weighted by Crippen LogP contribution is 2.47.